The van der Waals surface area contributed by atoms with E-state index in [0.717, 1.165) is 18.6 Å². The molecule has 104 valence electrons. The second kappa shape index (κ2) is 6.06. The van der Waals surface area contributed by atoms with E-state index < -0.39 is 0 Å². The third kappa shape index (κ3) is 3.18. The smallest absolute Gasteiger partial charge is 0.0255 e. The molecule has 2 atom stereocenters. The van der Waals surface area contributed by atoms with Gasteiger partial charge in [-0.1, -0.05) is 43.2 Å². The first-order valence-corrected chi connectivity index (χ1v) is 7.85. The van der Waals surface area contributed by atoms with Gasteiger partial charge in [0.1, 0.15) is 0 Å². The molecule has 0 heterocycles. The van der Waals surface area contributed by atoms with Crippen LogP contribution in [0.25, 0.3) is 0 Å². The van der Waals surface area contributed by atoms with Crippen LogP contribution in [0.3, 0.4) is 0 Å². The third-order valence-electron chi connectivity index (χ3n) is 4.75. The van der Waals surface area contributed by atoms with Crippen molar-refractivity contribution in [2.45, 2.75) is 63.2 Å². The SMILES string of the molecule is CN[C@@H]1CCCC[C@@H]1N(Cc1ccccc1)C1CC1. The van der Waals surface area contributed by atoms with E-state index in [1.54, 1.807) is 0 Å². The number of likely N-dealkylation sites (N-methyl/N-ethyl adjacent to an activating group) is 1. The lowest BCUT2D eigenvalue weighted by Gasteiger charge is -2.40. The summed E-state index contributed by atoms with van der Waals surface area (Å²) in [4.78, 5) is 2.79. The highest BCUT2D eigenvalue weighted by Gasteiger charge is 2.37. The van der Waals surface area contributed by atoms with Gasteiger partial charge >= 0.3 is 0 Å². The molecular formula is C17H26N2. The summed E-state index contributed by atoms with van der Waals surface area (Å²) in [6, 6.07) is 13.3. The first-order valence-electron chi connectivity index (χ1n) is 7.85. The Bertz CT molecular complexity index is 386. The number of nitrogens with zero attached hydrogens (tertiary/aromatic N) is 1. The summed E-state index contributed by atoms with van der Waals surface area (Å²) in [7, 11) is 2.14. The number of hydrogen-bond donors (Lipinski definition) is 1. The first kappa shape index (κ1) is 13.1. The van der Waals surface area contributed by atoms with Crippen molar-refractivity contribution in [2.75, 3.05) is 7.05 Å². The highest BCUT2D eigenvalue weighted by molar-refractivity contribution is 5.15. The van der Waals surface area contributed by atoms with E-state index in [0.29, 0.717) is 6.04 Å². The van der Waals surface area contributed by atoms with Crippen LogP contribution in [0.5, 0.6) is 0 Å². The Kier molecular flexibility index (Phi) is 4.19. The van der Waals surface area contributed by atoms with Gasteiger partial charge in [-0.15, -0.1) is 0 Å². The third-order valence-corrected chi connectivity index (χ3v) is 4.75. The predicted molar refractivity (Wildman–Crippen MR) is 80.1 cm³/mol. The average molecular weight is 258 g/mol. The fourth-order valence-corrected chi connectivity index (χ4v) is 3.56. The zero-order valence-electron chi connectivity index (χ0n) is 12.0. The Hall–Kier alpha value is -0.860. The quantitative estimate of drug-likeness (QED) is 0.872. The van der Waals surface area contributed by atoms with Crippen LogP contribution in [0.15, 0.2) is 30.3 Å². The summed E-state index contributed by atoms with van der Waals surface area (Å²) in [5.41, 5.74) is 1.47. The molecule has 2 heteroatoms. The van der Waals surface area contributed by atoms with Gasteiger partial charge in [0.05, 0.1) is 0 Å². The van der Waals surface area contributed by atoms with E-state index in [-0.39, 0.29) is 0 Å². The lowest BCUT2D eigenvalue weighted by Crippen LogP contribution is -2.51. The minimum absolute atomic E-state index is 0.693. The molecule has 0 amide bonds. The summed E-state index contributed by atoms with van der Waals surface area (Å²) in [6.45, 7) is 1.13. The van der Waals surface area contributed by atoms with Crippen LogP contribution in [0, 0.1) is 0 Å². The Morgan fingerprint density at radius 2 is 1.79 bits per heavy atom. The average Bonchev–Trinajstić information content (AvgIpc) is 3.30. The van der Waals surface area contributed by atoms with Crippen LogP contribution >= 0.6 is 0 Å². The zero-order chi connectivity index (χ0) is 13.1. The van der Waals surface area contributed by atoms with Crippen molar-refractivity contribution in [3.05, 3.63) is 35.9 Å². The predicted octanol–water partition coefficient (Wildman–Crippen LogP) is 3.18. The van der Waals surface area contributed by atoms with E-state index in [9.17, 15) is 0 Å². The number of rotatable bonds is 5. The normalized spacial score (nSPS) is 27.7. The van der Waals surface area contributed by atoms with Crippen molar-refractivity contribution < 1.29 is 0 Å². The standard InChI is InChI=1S/C17H26N2/c1-18-16-9-5-6-10-17(16)19(15-11-12-15)13-14-7-3-2-4-8-14/h2-4,7-8,15-18H,5-6,9-13H2,1H3/t16-,17+/m1/s1. The lowest BCUT2D eigenvalue weighted by atomic mass is 9.88. The lowest BCUT2D eigenvalue weighted by molar-refractivity contribution is 0.109. The van der Waals surface area contributed by atoms with Gasteiger partial charge in [-0.3, -0.25) is 4.90 Å². The highest BCUT2D eigenvalue weighted by Crippen LogP contribution is 2.35. The Morgan fingerprint density at radius 1 is 1.05 bits per heavy atom. The van der Waals surface area contributed by atoms with Gasteiger partial charge in [0.15, 0.2) is 0 Å². The van der Waals surface area contributed by atoms with E-state index in [1.165, 1.54) is 44.1 Å². The molecule has 3 rings (SSSR count). The Balaban J connectivity index is 1.73. The summed E-state index contributed by atoms with van der Waals surface area (Å²) in [5, 5.41) is 3.56. The van der Waals surface area contributed by atoms with Crippen LogP contribution in [0.2, 0.25) is 0 Å². The minimum atomic E-state index is 0.693. The topological polar surface area (TPSA) is 15.3 Å². The number of benzene rings is 1. The molecule has 2 aliphatic carbocycles. The molecule has 2 fully saturated rings. The maximum Gasteiger partial charge on any atom is 0.0255 e. The van der Waals surface area contributed by atoms with Crippen molar-refractivity contribution in [1.29, 1.82) is 0 Å². The zero-order valence-corrected chi connectivity index (χ0v) is 12.0. The second-order valence-electron chi connectivity index (χ2n) is 6.14. The van der Waals surface area contributed by atoms with Crippen molar-refractivity contribution in [3.63, 3.8) is 0 Å². The largest absolute Gasteiger partial charge is 0.315 e. The molecule has 0 saturated heterocycles. The second-order valence-corrected chi connectivity index (χ2v) is 6.14. The van der Waals surface area contributed by atoms with E-state index >= 15 is 0 Å². The van der Waals surface area contributed by atoms with Crippen molar-refractivity contribution in [1.82, 2.24) is 10.2 Å². The van der Waals surface area contributed by atoms with E-state index in [2.05, 4.69) is 47.6 Å². The fraction of sp³-hybridized carbons (Fsp3) is 0.647. The maximum atomic E-state index is 3.56. The van der Waals surface area contributed by atoms with Crippen molar-refractivity contribution >= 4 is 0 Å². The minimum Gasteiger partial charge on any atom is -0.315 e. The summed E-state index contributed by atoms with van der Waals surface area (Å²) >= 11 is 0. The molecule has 0 radical (unpaired) electrons. The molecule has 2 aliphatic rings. The van der Waals surface area contributed by atoms with Crippen LogP contribution < -0.4 is 5.32 Å². The molecular weight excluding hydrogens is 232 g/mol. The molecule has 1 aromatic carbocycles. The van der Waals surface area contributed by atoms with Crippen molar-refractivity contribution in [2.24, 2.45) is 0 Å². The molecule has 0 aliphatic heterocycles. The van der Waals surface area contributed by atoms with Crippen LogP contribution in [-0.4, -0.2) is 30.1 Å². The molecule has 0 spiro atoms. The van der Waals surface area contributed by atoms with Gasteiger partial charge in [0.25, 0.3) is 0 Å². The number of hydrogen-bond acceptors (Lipinski definition) is 2. The summed E-state index contributed by atoms with van der Waals surface area (Å²) in [5.74, 6) is 0. The molecule has 0 unspecified atom stereocenters. The molecule has 2 nitrogen and oxygen atoms in total. The maximum absolute atomic E-state index is 3.56. The van der Waals surface area contributed by atoms with Gasteiger partial charge in [-0.25, -0.2) is 0 Å². The molecule has 19 heavy (non-hydrogen) atoms. The van der Waals surface area contributed by atoms with Crippen LogP contribution in [0.1, 0.15) is 44.1 Å². The molecule has 0 aromatic heterocycles. The molecule has 1 N–H and O–H groups in total. The van der Waals surface area contributed by atoms with Crippen LogP contribution in [0.4, 0.5) is 0 Å². The van der Waals surface area contributed by atoms with Gasteiger partial charge in [0.2, 0.25) is 0 Å². The van der Waals surface area contributed by atoms with Gasteiger partial charge < -0.3 is 5.32 Å². The highest BCUT2D eigenvalue weighted by atomic mass is 15.2. The van der Waals surface area contributed by atoms with Gasteiger partial charge in [0, 0.05) is 24.7 Å². The fourth-order valence-electron chi connectivity index (χ4n) is 3.56. The Labute approximate surface area is 117 Å². The van der Waals surface area contributed by atoms with Gasteiger partial charge in [-0.05, 0) is 38.3 Å². The van der Waals surface area contributed by atoms with Gasteiger partial charge in [-0.2, -0.15) is 0 Å². The Morgan fingerprint density at radius 3 is 2.47 bits per heavy atom. The monoisotopic (exact) mass is 258 g/mol. The molecule has 1 aromatic rings. The first-order chi connectivity index (χ1) is 9.38. The van der Waals surface area contributed by atoms with E-state index in [1.807, 2.05) is 0 Å². The summed E-state index contributed by atoms with van der Waals surface area (Å²) < 4.78 is 0. The van der Waals surface area contributed by atoms with Crippen LogP contribution in [-0.2, 0) is 6.54 Å². The number of nitrogens with one attached hydrogen (secondary N) is 1. The van der Waals surface area contributed by atoms with E-state index in [4.69, 9.17) is 0 Å². The van der Waals surface area contributed by atoms with Crippen molar-refractivity contribution in [3.8, 4) is 0 Å². The molecule has 2 saturated carbocycles. The summed E-state index contributed by atoms with van der Waals surface area (Å²) in [6.07, 6.45) is 8.32. The molecule has 0 bridgehead atoms.